The number of nitrogens with zero attached hydrogens (tertiary/aromatic N) is 1. The van der Waals surface area contributed by atoms with Crippen LogP contribution in [0.5, 0.6) is 5.75 Å². The van der Waals surface area contributed by atoms with E-state index in [0.717, 1.165) is 11.7 Å². The number of hydrogen-bond donors (Lipinski definition) is 1. The summed E-state index contributed by atoms with van der Waals surface area (Å²) in [6.45, 7) is 2.95. The van der Waals surface area contributed by atoms with Gasteiger partial charge in [-0.05, 0) is 49.9 Å². The highest BCUT2D eigenvalue weighted by Gasteiger charge is 2.43. The monoisotopic (exact) mass is 234 g/mol. The number of nitrogens with two attached hydrogens (primary N) is 1. The summed E-state index contributed by atoms with van der Waals surface area (Å²) in [4.78, 5) is 2.31. The number of methoxy groups -OCH3 is 1. The molecular weight excluding hydrogens is 212 g/mol. The molecule has 0 aliphatic heterocycles. The second-order valence-corrected chi connectivity index (χ2v) is 5.09. The van der Waals surface area contributed by atoms with E-state index >= 15 is 0 Å². The molecule has 1 aliphatic rings. The smallest absolute Gasteiger partial charge is 0.119 e. The molecule has 1 saturated carbocycles. The number of likely N-dealkylation sites (N-methyl/N-ethyl adjacent to an activating group) is 1. The van der Waals surface area contributed by atoms with Gasteiger partial charge in [-0.15, -0.1) is 0 Å². The molecule has 0 amide bonds. The molecule has 2 rings (SSSR count). The molecule has 17 heavy (non-hydrogen) atoms. The molecule has 1 aliphatic carbocycles. The lowest BCUT2D eigenvalue weighted by molar-refractivity contribution is 0.396. The first-order valence-electron chi connectivity index (χ1n) is 6.20. The van der Waals surface area contributed by atoms with Crippen LogP contribution in [0.4, 0.5) is 5.69 Å². The molecule has 0 spiro atoms. The fourth-order valence-corrected chi connectivity index (χ4v) is 2.38. The Hall–Kier alpha value is -1.22. The van der Waals surface area contributed by atoms with Crippen molar-refractivity contribution in [3.8, 4) is 5.75 Å². The molecule has 1 unspecified atom stereocenters. The van der Waals surface area contributed by atoms with Crippen molar-refractivity contribution in [1.82, 2.24) is 0 Å². The molecule has 1 aromatic carbocycles. The summed E-state index contributed by atoms with van der Waals surface area (Å²) >= 11 is 0. The predicted octanol–water partition coefficient (Wildman–Crippen LogP) is 2.26. The lowest BCUT2D eigenvalue weighted by Gasteiger charge is -2.40. The summed E-state index contributed by atoms with van der Waals surface area (Å²) in [6.07, 6.45) is 2.60. The van der Waals surface area contributed by atoms with Gasteiger partial charge in [0.25, 0.3) is 0 Å². The van der Waals surface area contributed by atoms with E-state index in [1.807, 2.05) is 12.1 Å². The molecule has 1 fully saturated rings. The maximum Gasteiger partial charge on any atom is 0.119 e. The zero-order valence-electron chi connectivity index (χ0n) is 10.9. The number of ether oxygens (including phenoxy) is 1. The fourth-order valence-electron chi connectivity index (χ4n) is 2.38. The van der Waals surface area contributed by atoms with Gasteiger partial charge in [-0.3, -0.25) is 0 Å². The standard InChI is InChI=1S/C14H22N2O/c1-14(10-15,11-4-5-11)16(2)12-6-8-13(17-3)9-7-12/h6-9,11H,4-5,10,15H2,1-3H3. The zero-order valence-corrected chi connectivity index (χ0v) is 10.9. The van der Waals surface area contributed by atoms with Crippen LogP contribution in [0.1, 0.15) is 19.8 Å². The molecule has 2 N–H and O–H groups in total. The quantitative estimate of drug-likeness (QED) is 0.849. The predicted molar refractivity (Wildman–Crippen MR) is 71.6 cm³/mol. The Morgan fingerprint density at radius 2 is 1.94 bits per heavy atom. The molecular formula is C14H22N2O. The second-order valence-electron chi connectivity index (χ2n) is 5.09. The van der Waals surface area contributed by atoms with E-state index in [0.29, 0.717) is 6.54 Å². The van der Waals surface area contributed by atoms with Gasteiger partial charge in [0, 0.05) is 19.3 Å². The van der Waals surface area contributed by atoms with Gasteiger partial charge < -0.3 is 15.4 Å². The fraction of sp³-hybridized carbons (Fsp3) is 0.571. The highest BCUT2D eigenvalue weighted by molar-refractivity contribution is 5.51. The van der Waals surface area contributed by atoms with Crippen LogP contribution in [0, 0.1) is 5.92 Å². The number of anilines is 1. The lowest BCUT2D eigenvalue weighted by atomic mass is 9.93. The average molecular weight is 234 g/mol. The van der Waals surface area contributed by atoms with Crippen LogP contribution >= 0.6 is 0 Å². The highest BCUT2D eigenvalue weighted by Crippen LogP contribution is 2.43. The van der Waals surface area contributed by atoms with E-state index < -0.39 is 0 Å². The molecule has 0 aromatic heterocycles. The van der Waals surface area contributed by atoms with Gasteiger partial charge in [-0.25, -0.2) is 0 Å². The molecule has 0 heterocycles. The summed E-state index contributed by atoms with van der Waals surface area (Å²) in [5.74, 6) is 1.63. The highest BCUT2D eigenvalue weighted by atomic mass is 16.5. The molecule has 0 radical (unpaired) electrons. The molecule has 0 saturated heterocycles. The molecule has 0 bridgehead atoms. The van der Waals surface area contributed by atoms with Crippen LogP contribution in [0.25, 0.3) is 0 Å². The maximum absolute atomic E-state index is 5.98. The van der Waals surface area contributed by atoms with Crippen molar-refractivity contribution in [2.24, 2.45) is 11.7 Å². The Morgan fingerprint density at radius 1 is 1.35 bits per heavy atom. The summed E-state index contributed by atoms with van der Waals surface area (Å²) in [5, 5.41) is 0. The molecule has 1 atom stereocenters. The molecule has 1 aromatic rings. The molecule has 3 nitrogen and oxygen atoms in total. The van der Waals surface area contributed by atoms with Gasteiger partial charge in [-0.1, -0.05) is 0 Å². The van der Waals surface area contributed by atoms with Crippen molar-refractivity contribution in [1.29, 1.82) is 0 Å². The average Bonchev–Trinajstić information content (AvgIpc) is 3.21. The van der Waals surface area contributed by atoms with Crippen LogP contribution in [0.3, 0.4) is 0 Å². The minimum Gasteiger partial charge on any atom is -0.497 e. The van der Waals surface area contributed by atoms with Gasteiger partial charge in [0.1, 0.15) is 5.75 Å². The first kappa shape index (κ1) is 12.2. The minimum absolute atomic E-state index is 0.0780. The summed E-state index contributed by atoms with van der Waals surface area (Å²) in [7, 11) is 3.82. The summed E-state index contributed by atoms with van der Waals surface area (Å²) in [6, 6.07) is 8.18. The van der Waals surface area contributed by atoms with Crippen molar-refractivity contribution in [2.75, 3.05) is 25.6 Å². The summed E-state index contributed by atoms with van der Waals surface area (Å²) < 4.78 is 5.18. The Balaban J connectivity index is 2.19. The van der Waals surface area contributed by atoms with Crippen LogP contribution in [0.15, 0.2) is 24.3 Å². The third-order valence-corrected chi connectivity index (χ3v) is 4.10. The third kappa shape index (κ3) is 2.25. The van der Waals surface area contributed by atoms with Crippen molar-refractivity contribution in [3.63, 3.8) is 0 Å². The van der Waals surface area contributed by atoms with E-state index in [9.17, 15) is 0 Å². The second kappa shape index (κ2) is 4.57. The number of benzene rings is 1. The topological polar surface area (TPSA) is 38.5 Å². The van der Waals surface area contributed by atoms with Gasteiger partial charge in [0.15, 0.2) is 0 Å². The SMILES string of the molecule is COc1ccc(N(C)C(C)(CN)C2CC2)cc1. The Labute approximate surface area is 104 Å². The van der Waals surface area contributed by atoms with Crippen LogP contribution < -0.4 is 15.4 Å². The van der Waals surface area contributed by atoms with E-state index in [-0.39, 0.29) is 5.54 Å². The van der Waals surface area contributed by atoms with E-state index in [1.165, 1.54) is 18.5 Å². The van der Waals surface area contributed by atoms with Gasteiger partial charge in [0.05, 0.1) is 12.6 Å². The lowest BCUT2D eigenvalue weighted by Crippen LogP contribution is -2.51. The van der Waals surface area contributed by atoms with Crippen molar-refractivity contribution >= 4 is 5.69 Å². The van der Waals surface area contributed by atoms with Gasteiger partial charge in [0.2, 0.25) is 0 Å². The van der Waals surface area contributed by atoms with E-state index in [1.54, 1.807) is 7.11 Å². The Morgan fingerprint density at radius 3 is 2.35 bits per heavy atom. The molecule has 3 heteroatoms. The van der Waals surface area contributed by atoms with Crippen molar-refractivity contribution < 1.29 is 4.74 Å². The number of hydrogen-bond acceptors (Lipinski definition) is 3. The maximum atomic E-state index is 5.98. The minimum atomic E-state index is 0.0780. The normalized spacial score (nSPS) is 18.6. The molecule has 94 valence electrons. The Kier molecular flexibility index (Phi) is 3.29. The van der Waals surface area contributed by atoms with Crippen LogP contribution in [-0.2, 0) is 0 Å². The first-order chi connectivity index (χ1) is 8.11. The van der Waals surface area contributed by atoms with Crippen molar-refractivity contribution in [2.45, 2.75) is 25.3 Å². The zero-order chi connectivity index (χ0) is 12.5. The third-order valence-electron chi connectivity index (χ3n) is 4.10. The number of rotatable bonds is 5. The van der Waals surface area contributed by atoms with E-state index in [2.05, 4.69) is 31.0 Å². The summed E-state index contributed by atoms with van der Waals surface area (Å²) in [5.41, 5.74) is 7.25. The van der Waals surface area contributed by atoms with Crippen LogP contribution in [0.2, 0.25) is 0 Å². The first-order valence-corrected chi connectivity index (χ1v) is 6.20. The van der Waals surface area contributed by atoms with Gasteiger partial charge in [-0.2, -0.15) is 0 Å². The van der Waals surface area contributed by atoms with E-state index in [4.69, 9.17) is 10.5 Å². The van der Waals surface area contributed by atoms with Gasteiger partial charge >= 0.3 is 0 Å². The Bertz CT molecular complexity index is 372. The van der Waals surface area contributed by atoms with Crippen LogP contribution in [-0.4, -0.2) is 26.2 Å². The largest absolute Gasteiger partial charge is 0.497 e. The van der Waals surface area contributed by atoms with Crippen molar-refractivity contribution in [3.05, 3.63) is 24.3 Å².